The van der Waals surface area contributed by atoms with Crippen molar-refractivity contribution in [3.05, 3.63) is 29.3 Å². The van der Waals surface area contributed by atoms with Crippen molar-refractivity contribution in [2.24, 2.45) is 5.73 Å². The highest BCUT2D eigenvalue weighted by atomic mass is 16.5. The maximum Gasteiger partial charge on any atom is 0.263 e. The minimum atomic E-state index is -0.658. The predicted molar refractivity (Wildman–Crippen MR) is 99.0 cm³/mol. The standard InChI is InChI=1S/C19H29N3O4/c1-13-5-6-17(14(2)11-13)26-15(3)18(23)21-7-9-22(10-8-21)19(24)16(20)12-25-4/h5-6,11,15-16H,7-10,12,20H2,1-4H3. The van der Waals surface area contributed by atoms with Crippen LogP contribution in [0, 0.1) is 13.8 Å². The number of aryl methyl sites for hydroxylation is 2. The van der Waals surface area contributed by atoms with Gasteiger partial charge in [0, 0.05) is 33.3 Å². The third-order valence-corrected chi connectivity index (χ3v) is 4.55. The summed E-state index contributed by atoms with van der Waals surface area (Å²) in [5, 5.41) is 0. The van der Waals surface area contributed by atoms with Gasteiger partial charge in [0.15, 0.2) is 6.10 Å². The molecule has 2 N–H and O–H groups in total. The molecular formula is C19H29N3O4. The number of ether oxygens (including phenoxy) is 2. The van der Waals surface area contributed by atoms with Gasteiger partial charge in [0.2, 0.25) is 5.91 Å². The van der Waals surface area contributed by atoms with E-state index in [2.05, 4.69) is 0 Å². The Morgan fingerprint density at radius 1 is 1.12 bits per heavy atom. The van der Waals surface area contributed by atoms with Crippen molar-refractivity contribution in [1.82, 2.24) is 9.80 Å². The predicted octanol–water partition coefficient (Wildman–Crippen LogP) is 0.715. The number of rotatable bonds is 6. The SMILES string of the molecule is COCC(N)C(=O)N1CCN(C(=O)C(C)Oc2ccc(C)cc2C)CC1. The van der Waals surface area contributed by atoms with E-state index in [0.717, 1.165) is 16.9 Å². The molecule has 0 bridgehead atoms. The van der Waals surface area contributed by atoms with E-state index in [9.17, 15) is 9.59 Å². The van der Waals surface area contributed by atoms with Crippen LogP contribution in [0.3, 0.4) is 0 Å². The lowest BCUT2D eigenvalue weighted by atomic mass is 10.1. The molecule has 1 heterocycles. The zero-order valence-electron chi connectivity index (χ0n) is 16.0. The fourth-order valence-corrected chi connectivity index (χ4v) is 3.06. The number of carbonyl (C=O) groups excluding carboxylic acids is 2. The number of piperazine rings is 1. The molecule has 1 aromatic rings. The number of hydrogen-bond acceptors (Lipinski definition) is 5. The van der Waals surface area contributed by atoms with Crippen LogP contribution in [0.4, 0.5) is 0 Å². The molecule has 1 aliphatic heterocycles. The molecule has 144 valence electrons. The van der Waals surface area contributed by atoms with Gasteiger partial charge in [-0.1, -0.05) is 17.7 Å². The van der Waals surface area contributed by atoms with Gasteiger partial charge in [-0.2, -0.15) is 0 Å². The molecule has 2 atom stereocenters. The van der Waals surface area contributed by atoms with Crippen molar-refractivity contribution in [3.63, 3.8) is 0 Å². The summed E-state index contributed by atoms with van der Waals surface area (Å²) in [6, 6.07) is 5.23. The van der Waals surface area contributed by atoms with Gasteiger partial charge in [-0.3, -0.25) is 9.59 Å². The molecule has 2 amide bonds. The van der Waals surface area contributed by atoms with E-state index in [0.29, 0.717) is 26.2 Å². The fraction of sp³-hybridized carbons (Fsp3) is 0.579. The van der Waals surface area contributed by atoms with E-state index in [1.165, 1.54) is 7.11 Å². The Hall–Kier alpha value is -2.12. The highest BCUT2D eigenvalue weighted by molar-refractivity contribution is 5.83. The number of benzene rings is 1. The minimum absolute atomic E-state index is 0.0711. The summed E-state index contributed by atoms with van der Waals surface area (Å²) < 4.78 is 10.8. The fourth-order valence-electron chi connectivity index (χ4n) is 3.06. The molecule has 1 saturated heterocycles. The number of carbonyl (C=O) groups is 2. The quantitative estimate of drug-likeness (QED) is 0.805. The molecular weight excluding hydrogens is 334 g/mol. The van der Waals surface area contributed by atoms with Crippen LogP contribution in [0.5, 0.6) is 5.75 Å². The molecule has 2 rings (SSSR count). The number of hydrogen-bond donors (Lipinski definition) is 1. The number of nitrogens with two attached hydrogens (primary N) is 1. The van der Waals surface area contributed by atoms with E-state index in [1.807, 2.05) is 32.0 Å². The van der Waals surface area contributed by atoms with Gasteiger partial charge >= 0.3 is 0 Å². The van der Waals surface area contributed by atoms with Crippen LogP contribution in [0.1, 0.15) is 18.1 Å². The lowest BCUT2D eigenvalue weighted by Crippen LogP contribution is -2.56. The van der Waals surface area contributed by atoms with Crippen LogP contribution in [0.15, 0.2) is 18.2 Å². The van der Waals surface area contributed by atoms with Gasteiger partial charge in [-0.05, 0) is 32.4 Å². The molecule has 0 saturated carbocycles. The van der Waals surface area contributed by atoms with E-state index < -0.39 is 12.1 Å². The first kappa shape index (κ1) is 20.2. The first-order valence-corrected chi connectivity index (χ1v) is 8.89. The maximum absolute atomic E-state index is 12.6. The summed E-state index contributed by atoms with van der Waals surface area (Å²) in [7, 11) is 1.51. The smallest absolute Gasteiger partial charge is 0.263 e. The molecule has 2 unspecified atom stereocenters. The van der Waals surface area contributed by atoms with Crippen LogP contribution in [-0.4, -0.2) is 73.7 Å². The molecule has 0 radical (unpaired) electrons. The second-order valence-electron chi connectivity index (χ2n) is 6.74. The Kier molecular flexibility index (Phi) is 6.99. The van der Waals surface area contributed by atoms with Gasteiger partial charge in [-0.25, -0.2) is 0 Å². The van der Waals surface area contributed by atoms with Crippen molar-refractivity contribution < 1.29 is 19.1 Å². The summed E-state index contributed by atoms with van der Waals surface area (Å²) in [4.78, 5) is 28.3. The van der Waals surface area contributed by atoms with Gasteiger partial charge in [0.1, 0.15) is 11.8 Å². The zero-order chi connectivity index (χ0) is 19.3. The summed E-state index contributed by atoms with van der Waals surface area (Å²) in [5.74, 6) is 0.507. The lowest BCUT2D eigenvalue weighted by molar-refractivity contribution is -0.144. The van der Waals surface area contributed by atoms with Crippen molar-refractivity contribution in [2.45, 2.75) is 32.9 Å². The first-order chi connectivity index (χ1) is 12.3. The average molecular weight is 363 g/mol. The first-order valence-electron chi connectivity index (χ1n) is 8.89. The molecule has 7 nitrogen and oxygen atoms in total. The van der Waals surface area contributed by atoms with Gasteiger partial charge < -0.3 is 25.0 Å². The Morgan fingerprint density at radius 2 is 1.69 bits per heavy atom. The second kappa shape index (κ2) is 9.00. The van der Waals surface area contributed by atoms with Crippen molar-refractivity contribution in [1.29, 1.82) is 0 Å². The van der Waals surface area contributed by atoms with E-state index in [-0.39, 0.29) is 18.4 Å². The summed E-state index contributed by atoms with van der Waals surface area (Å²) in [5.41, 5.74) is 7.96. The largest absolute Gasteiger partial charge is 0.481 e. The minimum Gasteiger partial charge on any atom is -0.481 e. The van der Waals surface area contributed by atoms with Crippen molar-refractivity contribution in [3.8, 4) is 5.75 Å². The van der Waals surface area contributed by atoms with Gasteiger partial charge in [-0.15, -0.1) is 0 Å². The topological polar surface area (TPSA) is 85.1 Å². The third kappa shape index (κ3) is 4.95. The molecule has 1 aromatic carbocycles. The van der Waals surface area contributed by atoms with Crippen molar-refractivity contribution >= 4 is 11.8 Å². The monoisotopic (exact) mass is 363 g/mol. The second-order valence-corrected chi connectivity index (χ2v) is 6.74. The lowest BCUT2D eigenvalue weighted by Gasteiger charge is -2.36. The van der Waals surface area contributed by atoms with Crippen LogP contribution < -0.4 is 10.5 Å². The van der Waals surface area contributed by atoms with Crippen LogP contribution >= 0.6 is 0 Å². The van der Waals surface area contributed by atoms with Crippen LogP contribution in [-0.2, 0) is 14.3 Å². The Bertz CT molecular complexity index is 642. The highest BCUT2D eigenvalue weighted by Crippen LogP contribution is 2.20. The van der Waals surface area contributed by atoms with Gasteiger partial charge in [0.05, 0.1) is 6.61 Å². The normalized spacial score (nSPS) is 17.0. The molecule has 0 aromatic heterocycles. The third-order valence-electron chi connectivity index (χ3n) is 4.55. The Balaban J connectivity index is 1.88. The van der Waals surface area contributed by atoms with E-state index in [1.54, 1.807) is 16.7 Å². The molecule has 26 heavy (non-hydrogen) atoms. The van der Waals surface area contributed by atoms with E-state index in [4.69, 9.17) is 15.2 Å². The van der Waals surface area contributed by atoms with Crippen molar-refractivity contribution in [2.75, 3.05) is 39.9 Å². The summed E-state index contributed by atoms with van der Waals surface area (Å²) >= 11 is 0. The summed E-state index contributed by atoms with van der Waals surface area (Å²) in [6.07, 6.45) is -0.575. The van der Waals surface area contributed by atoms with Gasteiger partial charge in [0.25, 0.3) is 5.91 Å². The molecule has 0 aliphatic carbocycles. The average Bonchev–Trinajstić information content (AvgIpc) is 2.63. The highest BCUT2D eigenvalue weighted by Gasteiger charge is 2.29. The Morgan fingerprint density at radius 3 is 2.23 bits per heavy atom. The molecule has 1 fully saturated rings. The summed E-state index contributed by atoms with van der Waals surface area (Å²) in [6.45, 7) is 7.83. The van der Waals surface area contributed by atoms with E-state index >= 15 is 0 Å². The number of methoxy groups -OCH3 is 1. The molecule has 0 spiro atoms. The zero-order valence-corrected chi connectivity index (χ0v) is 16.0. The number of amides is 2. The van der Waals surface area contributed by atoms with Crippen LogP contribution in [0.2, 0.25) is 0 Å². The van der Waals surface area contributed by atoms with Crippen LogP contribution in [0.25, 0.3) is 0 Å². The molecule has 1 aliphatic rings. The Labute approximate surface area is 155 Å². The molecule has 7 heteroatoms. The number of nitrogens with zero attached hydrogens (tertiary/aromatic N) is 2. The maximum atomic E-state index is 12.6.